The number of halogens is 3. The minimum Gasteiger partial charge on any atom is -0.318 e. The van der Waals surface area contributed by atoms with Crippen molar-refractivity contribution >= 4 is 22.5 Å². The number of carbonyl (C=O) groups is 1. The number of benzene rings is 1. The standard InChI is InChI=1S/C15H14F3N3OS/c1-10-9-23-13(19-10)21-7-6-20(14(21)22)8-11-2-4-12(5-3-11)15(16,17)18/h2-5,9H,6-8H2,1H3. The molecule has 0 spiro atoms. The number of thiazole rings is 1. The summed E-state index contributed by atoms with van der Waals surface area (Å²) in [4.78, 5) is 19.9. The summed E-state index contributed by atoms with van der Waals surface area (Å²) in [5.74, 6) is 0. The molecule has 0 saturated carbocycles. The van der Waals surface area contributed by atoms with Gasteiger partial charge in [0.25, 0.3) is 0 Å². The van der Waals surface area contributed by atoms with Gasteiger partial charge in [-0.2, -0.15) is 13.2 Å². The minimum atomic E-state index is -4.35. The van der Waals surface area contributed by atoms with Crippen molar-refractivity contribution in [3.63, 3.8) is 0 Å². The Kier molecular flexibility index (Phi) is 4.01. The molecule has 4 nitrogen and oxygen atoms in total. The van der Waals surface area contributed by atoms with E-state index in [2.05, 4.69) is 4.98 Å². The van der Waals surface area contributed by atoms with E-state index in [1.54, 1.807) is 9.80 Å². The normalized spacial score (nSPS) is 15.6. The van der Waals surface area contributed by atoms with Crippen LogP contribution in [0, 0.1) is 6.92 Å². The lowest BCUT2D eigenvalue weighted by Crippen LogP contribution is -2.31. The molecular formula is C15H14F3N3OS. The molecule has 1 aliphatic rings. The number of hydrogen-bond donors (Lipinski definition) is 0. The summed E-state index contributed by atoms with van der Waals surface area (Å²) in [5, 5.41) is 2.53. The molecular weight excluding hydrogens is 327 g/mol. The summed E-state index contributed by atoms with van der Waals surface area (Å²) >= 11 is 1.41. The van der Waals surface area contributed by atoms with E-state index in [1.165, 1.54) is 23.5 Å². The zero-order valence-electron chi connectivity index (χ0n) is 12.3. The van der Waals surface area contributed by atoms with Crippen molar-refractivity contribution in [1.29, 1.82) is 0 Å². The number of carbonyl (C=O) groups excluding carboxylic acids is 1. The molecule has 0 aliphatic carbocycles. The van der Waals surface area contributed by atoms with Crippen LogP contribution in [-0.4, -0.2) is 29.0 Å². The van der Waals surface area contributed by atoms with Crippen molar-refractivity contribution in [3.05, 3.63) is 46.5 Å². The van der Waals surface area contributed by atoms with E-state index < -0.39 is 11.7 Å². The van der Waals surface area contributed by atoms with E-state index in [-0.39, 0.29) is 12.6 Å². The lowest BCUT2D eigenvalue weighted by Gasteiger charge is -2.17. The average molecular weight is 341 g/mol. The van der Waals surface area contributed by atoms with Crippen LogP contribution in [0.5, 0.6) is 0 Å². The van der Waals surface area contributed by atoms with Crippen molar-refractivity contribution in [2.24, 2.45) is 0 Å². The Bertz CT molecular complexity index is 712. The van der Waals surface area contributed by atoms with Crippen LogP contribution < -0.4 is 4.90 Å². The largest absolute Gasteiger partial charge is 0.416 e. The second kappa shape index (κ2) is 5.84. The minimum absolute atomic E-state index is 0.167. The van der Waals surface area contributed by atoms with Crippen LogP contribution in [0.1, 0.15) is 16.8 Å². The Labute approximate surface area is 135 Å². The monoisotopic (exact) mass is 341 g/mol. The molecule has 1 aromatic heterocycles. The number of urea groups is 1. The predicted molar refractivity (Wildman–Crippen MR) is 81.4 cm³/mol. The van der Waals surface area contributed by atoms with Gasteiger partial charge in [0, 0.05) is 25.0 Å². The summed E-state index contributed by atoms with van der Waals surface area (Å²) in [6.45, 7) is 3.21. The highest BCUT2D eigenvalue weighted by Gasteiger charge is 2.32. The topological polar surface area (TPSA) is 36.4 Å². The average Bonchev–Trinajstić information content (AvgIpc) is 3.06. The molecule has 1 aliphatic heterocycles. The van der Waals surface area contributed by atoms with Gasteiger partial charge in [-0.25, -0.2) is 9.78 Å². The molecule has 2 heterocycles. The number of nitrogens with zero attached hydrogens (tertiary/aromatic N) is 3. The van der Waals surface area contributed by atoms with Gasteiger partial charge in [0.2, 0.25) is 0 Å². The Balaban J connectivity index is 1.68. The van der Waals surface area contributed by atoms with E-state index in [4.69, 9.17) is 0 Å². The molecule has 3 rings (SSSR count). The van der Waals surface area contributed by atoms with Crippen LogP contribution in [0.15, 0.2) is 29.6 Å². The van der Waals surface area contributed by atoms with Gasteiger partial charge >= 0.3 is 12.2 Å². The number of amides is 2. The van der Waals surface area contributed by atoms with Crippen LogP contribution in [0.25, 0.3) is 0 Å². The smallest absolute Gasteiger partial charge is 0.318 e. The third-order valence-corrected chi connectivity index (χ3v) is 4.57. The molecule has 2 amide bonds. The maximum atomic E-state index is 12.6. The third-order valence-electron chi connectivity index (χ3n) is 3.59. The zero-order valence-corrected chi connectivity index (χ0v) is 13.1. The number of aromatic nitrogens is 1. The number of hydrogen-bond acceptors (Lipinski definition) is 3. The van der Waals surface area contributed by atoms with Crippen LogP contribution in [0.2, 0.25) is 0 Å². The number of aryl methyl sites for hydroxylation is 1. The van der Waals surface area contributed by atoms with Gasteiger partial charge in [0.15, 0.2) is 5.13 Å². The summed E-state index contributed by atoms with van der Waals surface area (Å²) in [7, 11) is 0. The molecule has 0 unspecified atom stereocenters. The number of rotatable bonds is 3. The van der Waals surface area contributed by atoms with E-state index in [1.807, 2.05) is 12.3 Å². The first-order valence-electron chi connectivity index (χ1n) is 6.99. The number of alkyl halides is 3. The highest BCUT2D eigenvalue weighted by Crippen LogP contribution is 2.30. The van der Waals surface area contributed by atoms with E-state index in [0.29, 0.717) is 23.8 Å². The Morgan fingerprint density at radius 3 is 2.48 bits per heavy atom. The molecule has 1 fully saturated rings. The van der Waals surface area contributed by atoms with Gasteiger partial charge in [0.05, 0.1) is 11.3 Å². The number of anilines is 1. The SMILES string of the molecule is Cc1csc(N2CCN(Cc3ccc(C(F)(F)F)cc3)C2=O)n1. The maximum absolute atomic E-state index is 12.6. The molecule has 0 N–H and O–H groups in total. The van der Waals surface area contributed by atoms with Crippen molar-refractivity contribution < 1.29 is 18.0 Å². The molecule has 1 aromatic carbocycles. The van der Waals surface area contributed by atoms with E-state index in [0.717, 1.165) is 17.8 Å². The van der Waals surface area contributed by atoms with Gasteiger partial charge < -0.3 is 4.90 Å². The van der Waals surface area contributed by atoms with Crippen LogP contribution in [0.4, 0.5) is 23.1 Å². The summed E-state index contributed by atoms with van der Waals surface area (Å²) in [6, 6.07) is 4.73. The van der Waals surface area contributed by atoms with Crippen LogP contribution in [0.3, 0.4) is 0 Å². The fraction of sp³-hybridized carbons (Fsp3) is 0.333. The van der Waals surface area contributed by atoms with Gasteiger partial charge in [0.1, 0.15) is 0 Å². The highest BCUT2D eigenvalue weighted by atomic mass is 32.1. The first-order chi connectivity index (χ1) is 10.8. The van der Waals surface area contributed by atoms with Crippen molar-refractivity contribution in [2.75, 3.05) is 18.0 Å². The zero-order chi connectivity index (χ0) is 16.6. The lowest BCUT2D eigenvalue weighted by atomic mass is 10.1. The molecule has 0 bridgehead atoms. The molecule has 0 radical (unpaired) electrons. The first-order valence-corrected chi connectivity index (χ1v) is 7.87. The predicted octanol–water partition coefficient (Wildman–Crippen LogP) is 3.91. The first kappa shape index (κ1) is 15.8. The van der Waals surface area contributed by atoms with E-state index in [9.17, 15) is 18.0 Å². The Morgan fingerprint density at radius 2 is 1.91 bits per heavy atom. The molecule has 8 heteroatoms. The van der Waals surface area contributed by atoms with Crippen LogP contribution >= 0.6 is 11.3 Å². The van der Waals surface area contributed by atoms with Gasteiger partial charge in [-0.05, 0) is 24.6 Å². The highest BCUT2D eigenvalue weighted by molar-refractivity contribution is 7.14. The Hall–Kier alpha value is -2.09. The molecule has 122 valence electrons. The van der Waals surface area contributed by atoms with E-state index >= 15 is 0 Å². The molecule has 23 heavy (non-hydrogen) atoms. The summed E-state index contributed by atoms with van der Waals surface area (Å²) in [5.41, 5.74) is 0.844. The van der Waals surface area contributed by atoms with Crippen molar-refractivity contribution in [1.82, 2.24) is 9.88 Å². The fourth-order valence-electron chi connectivity index (χ4n) is 2.39. The summed E-state index contributed by atoms with van der Waals surface area (Å²) < 4.78 is 37.7. The van der Waals surface area contributed by atoms with Gasteiger partial charge in [-0.15, -0.1) is 11.3 Å². The molecule has 1 saturated heterocycles. The van der Waals surface area contributed by atoms with Crippen LogP contribution in [-0.2, 0) is 12.7 Å². The Morgan fingerprint density at radius 1 is 1.22 bits per heavy atom. The third kappa shape index (κ3) is 3.31. The quantitative estimate of drug-likeness (QED) is 0.849. The summed E-state index contributed by atoms with van der Waals surface area (Å²) in [6.07, 6.45) is -4.35. The van der Waals surface area contributed by atoms with Crippen molar-refractivity contribution in [3.8, 4) is 0 Å². The van der Waals surface area contributed by atoms with Gasteiger partial charge in [-0.1, -0.05) is 12.1 Å². The van der Waals surface area contributed by atoms with Crippen molar-refractivity contribution in [2.45, 2.75) is 19.6 Å². The lowest BCUT2D eigenvalue weighted by molar-refractivity contribution is -0.137. The van der Waals surface area contributed by atoms with Gasteiger partial charge in [-0.3, -0.25) is 4.90 Å². The second-order valence-electron chi connectivity index (χ2n) is 5.32. The molecule has 0 atom stereocenters. The fourth-order valence-corrected chi connectivity index (χ4v) is 3.21. The maximum Gasteiger partial charge on any atom is 0.416 e. The molecule has 2 aromatic rings. The second-order valence-corrected chi connectivity index (χ2v) is 6.16.